The summed E-state index contributed by atoms with van der Waals surface area (Å²) in [5, 5.41) is 3.19. The lowest BCUT2D eigenvalue weighted by Crippen LogP contribution is -2.42. The molecule has 0 aromatic heterocycles. The van der Waals surface area contributed by atoms with Gasteiger partial charge >= 0.3 is 0 Å². The molecule has 1 N–H and O–H groups in total. The highest BCUT2D eigenvalue weighted by atomic mass is 32.2. The average molecular weight is 276 g/mol. The molecule has 1 aliphatic rings. The van der Waals surface area contributed by atoms with Gasteiger partial charge in [0, 0.05) is 25.6 Å². The van der Waals surface area contributed by atoms with Crippen LogP contribution in [-0.2, 0) is 14.6 Å². The van der Waals surface area contributed by atoms with E-state index < -0.39 is 9.84 Å². The van der Waals surface area contributed by atoms with E-state index in [0.29, 0.717) is 25.9 Å². The molecule has 1 fully saturated rings. The lowest BCUT2D eigenvalue weighted by atomic mass is 10.2. The van der Waals surface area contributed by atoms with Crippen LogP contribution in [0.3, 0.4) is 0 Å². The van der Waals surface area contributed by atoms with Crippen molar-refractivity contribution in [3.63, 3.8) is 0 Å². The minimum Gasteiger partial charge on any atom is -0.339 e. The smallest absolute Gasteiger partial charge is 0.224 e. The Kier molecular flexibility index (Phi) is 6.08. The lowest BCUT2D eigenvalue weighted by Gasteiger charge is -2.27. The Balaban J connectivity index is 2.43. The zero-order chi connectivity index (χ0) is 13.6. The van der Waals surface area contributed by atoms with E-state index in [4.69, 9.17) is 0 Å². The molecule has 1 heterocycles. The number of nitrogens with one attached hydrogen (secondary N) is 1. The number of rotatable bonds is 7. The largest absolute Gasteiger partial charge is 0.339 e. The van der Waals surface area contributed by atoms with Crippen molar-refractivity contribution in [3.05, 3.63) is 0 Å². The number of nitrogens with zero attached hydrogens (tertiary/aromatic N) is 1. The maximum Gasteiger partial charge on any atom is 0.224 e. The van der Waals surface area contributed by atoms with E-state index in [9.17, 15) is 13.2 Å². The summed E-state index contributed by atoms with van der Waals surface area (Å²) >= 11 is 0. The highest BCUT2D eigenvalue weighted by Crippen LogP contribution is 2.18. The van der Waals surface area contributed by atoms with Crippen molar-refractivity contribution in [2.24, 2.45) is 0 Å². The Bertz CT molecular complexity index is 368. The standard InChI is InChI=1S/C12H24N2O3S/c1-3-7-13-8-5-12(15)14(4-2)11-6-9-18(16,17)10-11/h11,13H,3-10H2,1-2H3. The Morgan fingerprint density at radius 2 is 2.06 bits per heavy atom. The molecule has 0 aromatic rings. The fourth-order valence-electron chi connectivity index (χ4n) is 2.30. The Labute approximate surface area is 110 Å². The molecule has 1 rings (SSSR count). The molecule has 0 bridgehead atoms. The van der Waals surface area contributed by atoms with Crippen LogP contribution in [0.2, 0.25) is 0 Å². The SMILES string of the molecule is CCCNCCC(=O)N(CC)C1CCS(=O)(=O)C1. The first-order valence-electron chi connectivity index (χ1n) is 6.70. The van der Waals surface area contributed by atoms with Gasteiger partial charge < -0.3 is 10.2 Å². The molecule has 1 unspecified atom stereocenters. The summed E-state index contributed by atoms with van der Waals surface area (Å²) in [7, 11) is -2.92. The summed E-state index contributed by atoms with van der Waals surface area (Å²) in [5.41, 5.74) is 0. The van der Waals surface area contributed by atoms with Crippen molar-refractivity contribution in [1.29, 1.82) is 0 Å². The number of hydrogen-bond acceptors (Lipinski definition) is 4. The fraction of sp³-hybridized carbons (Fsp3) is 0.917. The first kappa shape index (κ1) is 15.4. The van der Waals surface area contributed by atoms with Crippen LogP contribution in [0.15, 0.2) is 0 Å². The summed E-state index contributed by atoms with van der Waals surface area (Å²) in [6.45, 7) is 6.16. The van der Waals surface area contributed by atoms with Crippen LogP contribution >= 0.6 is 0 Å². The Hall–Kier alpha value is -0.620. The summed E-state index contributed by atoms with van der Waals surface area (Å²) in [6, 6.07) is -0.112. The van der Waals surface area contributed by atoms with Gasteiger partial charge in [0.1, 0.15) is 0 Å². The van der Waals surface area contributed by atoms with Crippen molar-refractivity contribution in [2.45, 2.75) is 39.2 Å². The predicted octanol–water partition coefficient (Wildman–Crippen LogP) is 0.412. The van der Waals surface area contributed by atoms with Gasteiger partial charge in [-0.15, -0.1) is 0 Å². The topological polar surface area (TPSA) is 66.5 Å². The molecule has 0 saturated carbocycles. The second kappa shape index (κ2) is 7.09. The highest BCUT2D eigenvalue weighted by molar-refractivity contribution is 7.91. The van der Waals surface area contributed by atoms with Crippen molar-refractivity contribution < 1.29 is 13.2 Å². The quantitative estimate of drug-likeness (QED) is 0.684. The molecule has 6 heteroatoms. The van der Waals surface area contributed by atoms with Gasteiger partial charge in [0.2, 0.25) is 5.91 Å². The monoisotopic (exact) mass is 276 g/mol. The van der Waals surface area contributed by atoms with Crippen molar-refractivity contribution >= 4 is 15.7 Å². The maximum absolute atomic E-state index is 12.0. The zero-order valence-electron chi connectivity index (χ0n) is 11.3. The third-order valence-corrected chi connectivity index (χ3v) is 5.00. The van der Waals surface area contributed by atoms with Crippen LogP contribution in [0.1, 0.15) is 33.1 Å². The number of sulfone groups is 1. The van der Waals surface area contributed by atoms with Gasteiger partial charge in [-0.1, -0.05) is 6.92 Å². The van der Waals surface area contributed by atoms with Gasteiger partial charge in [0.25, 0.3) is 0 Å². The third kappa shape index (κ3) is 4.57. The number of carbonyl (C=O) groups is 1. The normalized spacial score (nSPS) is 22.0. The van der Waals surface area contributed by atoms with E-state index in [1.165, 1.54) is 0 Å². The second-order valence-electron chi connectivity index (χ2n) is 4.74. The molecule has 1 aliphatic heterocycles. The van der Waals surface area contributed by atoms with Crippen LogP contribution in [-0.4, -0.2) is 56.4 Å². The van der Waals surface area contributed by atoms with E-state index in [-0.39, 0.29) is 23.5 Å². The minimum atomic E-state index is -2.92. The van der Waals surface area contributed by atoms with Crippen LogP contribution in [0.5, 0.6) is 0 Å². The summed E-state index contributed by atoms with van der Waals surface area (Å²) in [4.78, 5) is 13.7. The number of amides is 1. The van der Waals surface area contributed by atoms with Crippen LogP contribution in [0.4, 0.5) is 0 Å². The van der Waals surface area contributed by atoms with Crippen LogP contribution in [0, 0.1) is 0 Å². The highest BCUT2D eigenvalue weighted by Gasteiger charge is 2.33. The fourth-order valence-corrected chi connectivity index (χ4v) is 4.03. The van der Waals surface area contributed by atoms with Gasteiger partial charge in [-0.3, -0.25) is 4.79 Å². The summed E-state index contributed by atoms with van der Waals surface area (Å²) in [5.74, 6) is 0.410. The molecule has 106 valence electrons. The maximum atomic E-state index is 12.0. The molecule has 0 spiro atoms. The molecular formula is C12H24N2O3S. The van der Waals surface area contributed by atoms with Crippen molar-refractivity contribution in [1.82, 2.24) is 10.2 Å². The van der Waals surface area contributed by atoms with Crippen molar-refractivity contribution in [3.8, 4) is 0 Å². The number of hydrogen-bond donors (Lipinski definition) is 1. The first-order valence-corrected chi connectivity index (χ1v) is 8.53. The molecule has 0 radical (unpaired) electrons. The molecule has 1 saturated heterocycles. The van der Waals surface area contributed by atoms with Crippen LogP contribution in [0.25, 0.3) is 0 Å². The van der Waals surface area contributed by atoms with E-state index in [0.717, 1.165) is 13.0 Å². The van der Waals surface area contributed by atoms with Crippen molar-refractivity contribution in [2.75, 3.05) is 31.1 Å². The third-order valence-electron chi connectivity index (χ3n) is 3.25. The second-order valence-corrected chi connectivity index (χ2v) is 6.97. The minimum absolute atomic E-state index is 0.0585. The predicted molar refractivity (Wildman–Crippen MR) is 72.2 cm³/mol. The summed E-state index contributed by atoms with van der Waals surface area (Å²) < 4.78 is 22.9. The Morgan fingerprint density at radius 3 is 2.56 bits per heavy atom. The van der Waals surface area contributed by atoms with Gasteiger partial charge in [0.05, 0.1) is 11.5 Å². The molecule has 1 amide bonds. The first-order chi connectivity index (χ1) is 8.50. The van der Waals surface area contributed by atoms with Gasteiger partial charge in [-0.2, -0.15) is 0 Å². The molecule has 0 aromatic carbocycles. The molecule has 1 atom stereocenters. The van der Waals surface area contributed by atoms with E-state index in [1.807, 2.05) is 6.92 Å². The zero-order valence-corrected chi connectivity index (χ0v) is 12.1. The molecule has 5 nitrogen and oxygen atoms in total. The van der Waals surface area contributed by atoms with E-state index in [2.05, 4.69) is 12.2 Å². The molecular weight excluding hydrogens is 252 g/mol. The molecule has 0 aliphatic carbocycles. The Morgan fingerprint density at radius 1 is 1.33 bits per heavy atom. The van der Waals surface area contributed by atoms with E-state index in [1.54, 1.807) is 4.90 Å². The summed E-state index contributed by atoms with van der Waals surface area (Å²) in [6.07, 6.45) is 2.08. The van der Waals surface area contributed by atoms with Gasteiger partial charge in [-0.05, 0) is 26.3 Å². The van der Waals surface area contributed by atoms with Gasteiger partial charge in [0.15, 0.2) is 9.84 Å². The van der Waals surface area contributed by atoms with Crippen LogP contribution < -0.4 is 5.32 Å². The lowest BCUT2D eigenvalue weighted by molar-refractivity contribution is -0.132. The number of carbonyl (C=O) groups excluding carboxylic acids is 1. The van der Waals surface area contributed by atoms with E-state index >= 15 is 0 Å². The average Bonchev–Trinajstić information content (AvgIpc) is 2.66. The molecule has 18 heavy (non-hydrogen) atoms. The van der Waals surface area contributed by atoms with Gasteiger partial charge in [-0.25, -0.2) is 8.42 Å².